The predicted octanol–water partition coefficient (Wildman–Crippen LogP) is 4.29. The fraction of sp³-hybridized carbons (Fsp3) is 0.583. The average molecular weight is 165 g/mol. The first-order chi connectivity index (χ1) is 5.91. The minimum atomic E-state index is 1.01. The first kappa shape index (κ1) is 11.5. The minimum absolute atomic E-state index is 1.01. The molecule has 0 unspecified atom stereocenters. The van der Waals surface area contributed by atoms with Crippen molar-refractivity contribution < 1.29 is 0 Å². The summed E-state index contributed by atoms with van der Waals surface area (Å²) in [4.78, 5) is 0. The molecule has 0 amide bonds. The van der Waals surface area contributed by atoms with Crippen LogP contribution in [0.1, 0.15) is 44.9 Å². The van der Waals surface area contributed by atoms with E-state index in [1.54, 1.807) is 0 Å². The van der Waals surface area contributed by atoms with Gasteiger partial charge in [-0.25, -0.2) is 0 Å². The molecule has 0 heteroatoms. The van der Waals surface area contributed by atoms with Crippen LogP contribution in [0, 0.1) is 6.92 Å². The third kappa shape index (κ3) is 9.48. The van der Waals surface area contributed by atoms with Crippen molar-refractivity contribution in [2.75, 3.05) is 0 Å². The van der Waals surface area contributed by atoms with Crippen molar-refractivity contribution in [3.05, 3.63) is 31.7 Å². The van der Waals surface area contributed by atoms with Gasteiger partial charge in [-0.3, -0.25) is 0 Å². The van der Waals surface area contributed by atoms with Crippen molar-refractivity contribution in [1.82, 2.24) is 0 Å². The molecule has 0 aliphatic carbocycles. The van der Waals surface area contributed by atoms with Gasteiger partial charge in [0, 0.05) is 0 Å². The molecule has 0 heterocycles. The molecule has 0 rings (SSSR count). The molecule has 0 saturated heterocycles. The van der Waals surface area contributed by atoms with E-state index in [-0.39, 0.29) is 0 Å². The Bertz CT molecular complexity index is 111. The maximum Gasteiger partial charge on any atom is -0.0172 e. The Labute approximate surface area is 77.4 Å². The fourth-order valence-electron chi connectivity index (χ4n) is 1.10. The SMILES string of the molecule is [CH2]CCCCCCC=CCC=C. The highest BCUT2D eigenvalue weighted by molar-refractivity contribution is 4.87. The van der Waals surface area contributed by atoms with Gasteiger partial charge in [-0.05, 0) is 19.3 Å². The van der Waals surface area contributed by atoms with Gasteiger partial charge in [0.25, 0.3) is 0 Å². The molecule has 1 radical (unpaired) electrons. The first-order valence-electron chi connectivity index (χ1n) is 4.97. The Balaban J connectivity index is 2.94. The molecule has 12 heavy (non-hydrogen) atoms. The molecule has 0 bridgehead atoms. The molecule has 0 N–H and O–H groups in total. The Morgan fingerprint density at radius 2 is 1.67 bits per heavy atom. The summed E-state index contributed by atoms with van der Waals surface area (Å²) in [5, 5.41) is 0. The van der Waals surface area contributed by atoms with E-state index in [1.165, 1.54) is 32.1 Å². The molecule has 0 aliphatic heterocycles. The maximum atomic E-state index is 3.82. The zero-order valence-corrected chi connectivity index (χ0v) is 8.10. The van der Waals surface area contributed by atoms with Gasteiger partial charge in [-0.2, -0.15) is 0 Å². The van der Waals surface area contributed by atoms with Gasteiger partial charge in [-0.15, -0.1) is 6.58 Å². The highest BCUT2D eigenvalue weighted by atomic mass is 13.9. The van der Waals surface area contributed by atoms with E-state index in [0.717, 1.165) is 12.8 Å². The van der Waals surface area contributed by atoms with Gasteiger partial charge in [0.05, 0.1) is 0 Å². The Hall–Kier alpha value is -0.520. The molecular weight excluding hydrogens is 144 g/mol. The Kier molecular flexibility index (Phi) is 10.0. The van der Waals surface area contributed by atoms with Crippen molar-refractivity contribution >= 4 is 0 Å². The highest BCUT2D eigenvalue weighted by Crippen LogP contribution is 2.05. The molecule has 0 saturated carbocycles. The molecule has 69 valence electrons. The van der Waals surface area contributed by atoms with Crippen molar-refractivity contribution in [3.63, 3.8) is 0 Å². The number of hydrogen-bond acceptors (Lipinski definition) is 0. The van der Waals surface area contributed by atoms with Crippen molar-refractivity contribution in [1.29, 1.82) is 0 Å². The fourth-order valence-corrected chi connectivity index (χ4v) is 1.10. The third-order valence-electron chi connectivity index (χ3n) is 1.84. The van der Waals surface area contributed by atoms with E-state index in [4.69, 9.17) is 0 Å². The maximum absolute atomic E-state index is 3.82. The Morgan fingerprint density at radius 1 is 0.917 bits per heavy atom. The van der Waals surface area contributed by atoms with E-state index in [2.05, 4.69) is 25.7 Å². The van der Waals surface area contributed by atoms with Crippen LogP contribution in [0.3, 0.4) is 0 Å². The lowest BCUT2D eigenvalue weighted by molar-refractivity contribution is 0.651. The molecule has 0 aromatic heterocycles. The van der Waals surface area contributed by atoms with E-state index < -0.39 is 0 Å². The van der Waals surface area contributed by atoms with Crippen LogP contribution in [0.25, 0.3) is 0 Å². The second-order valence-electron chi connectivity index (χ2n) is 3.05. The van der Waals surface area contributed by atoms with Crippen LogP contribution < -0.4 is 0 Å². The standard InChI is InChI=1S/C12H21/c1-3-5-7-9-11-12-10-8-6-4-2/h3,7,9H,1-2,4-6,8,10-12H2. The summed E-state index contributed by atoms with van der Waals surface area (Å²) in [6, 6.07) is 0. The van der Waals surface area contributed by atoms with Crippen LogP contribution in [-0.2, 0) is 0 Å². The summed E-state index contributed by atoms with van der Waals surface area (Å²) >= 11 is 0. The zero-order valence-electron chi connectivity index (χ0n) is 8.10. The van der Waals surface area contributed by atoms with Crippen molar-refractivity contribution in [3.8, 4) is 0 Å². The van der Waals surface area contributed by atoms with E-state index in [9.17, 15) is 0 Å². The smallest absolute Gasteiger partial charge is 0.0172 e. The molecule has 0 atom stereocenters. The van der Waals surface area contributed by atoms with E-state index >= 15 is 0 Å². The summed E-state index contributed by atoms with van der Waals surface area (Å²) in [5.41, 5.74) is 0. The van der Waals surface area contributed by atoms with Crippen LogP contribution in [0.4, 0.5) is 0 Å². The number of hydrogen-bond donors (Lipinski definition) is 0. The van der Waals surface area contributed by atoms with Gasteiger partial charge in [0.1, 0.15) is 0 Å². The Morgan fingerprint density at radius 3 is 2.33 bits per heavy atom. The largest absolute Gasteiger partial charge is 0.103 e. The van der Waals surface area contributed by atoms with Gasteiger partial charge in [-0.1, -0.05) is 50.8 Å². The highest BCUT2D eigenvalue weighted by Gasteiger charge is 1.85. The summed E-state index contributed by atoms with van der Waals surface area (Å²) in [6.07, 6.45) is 15.0. The van der Waals surface area contributed by atoms with E-state index in [0.29, 0.717) is 0 Å². The zero-order chi connectivity index (χ0) is 9.07. The summed E-state index contributed by atoms with van der Waals surface area (Å²) in [6.45, 7) is 7.48. The second-order valence-corrected chi connectivity index (χ2v) is 3.05. The van der Waals surface area contributed by atoms with Gasteiger partial charge in [0.2, 0.25) is 0 Å². The lowest BCUT2D eigenvalue weighted by Crippen LogP contribution is -1.75. The lowest BCUT2D eigenvalue weighted by Gasteiger charge is -1.95. The normalized spacial score (nSPS) is 10.8. The molecule has 0 aromatic carbocycles. The van der Waals surface area contributed by atoms with Gasteiger partial charge in [0.15, 0.2) is 0 Å². The molecule has 0 aromatic rings. The van der Waals surface area contributed by atoms with Crippen LogP contribution in [0.2, 0.25) is 0 Å². The number of unbranched alkanes of at least 4 members (excludes halogenated alkanes) is 5. The minimum Gasteiger partial charge on any atom is -0.103 e. The van der Waals surface area contributed by atoms with Crippen LogP contribution in [0.5, 0.6) is 0 Å². The first-order valence-corrected chi connectivity index (χ1v) is 4.97. The van der Waals surface area contributed by atoms with Crippen LogP contribution in [0.15, 0.2) is 24.8 Å². The molecule has 0 fully saturated rings. The van der Waals surface area contributed by atoms with Gasteiger partial charge < -0.3 is 0 Å². The lowest BCUT2D eigenvalue weighted by atomic mass is 10.1. The predicted molar refractivity (Wildman–Crippen MR) is 57.0 cm³/mol. The molecule has 0 spiro atoms. The third-order valence-corrected chi connectivity index (χ3v) is 1.84. The average Bonchev–Trinajstić information content (AvgIpc) is 2.10. The second kappa shape index (κ2) is 10.5. The molecule has 0 aliphatic rings. The number of allylic oxidation sites excluding steroid dienone is 3. The van der Waals surface area contributed by atoms with Gasteiger partial charge >= 0.3 is 0 Å². The van der Waals surface area contributed by atoms with Crippen molar-refractivity contribution in [2.24, 2.45) is 0 Å². The number of rotatable bonds is 8. The van der Waals surface area contributed by atoms with E-state index in [1.807, 2.05) is 6.08 Å². The van der Waals surface area contributed by atoms with Crippen LogP contribution >= 0.6 is 0 Å². The monoisotopic (exact) mass is 165 g/mol. The summed E-state index contributed by atoms with van der Waals surface area (Å²) in [5.74, 6) is 0. The molecule has 0 nitrogen and oxygen atoms in total. The summed E-state index contributed by atoms with van der Waals surface area (Å²) in [7, 11) is 0. The van der Waals surface area contributed by atoms with Crippen molar-refractivity contribution in [2.45, 2.75) is 44.9 Å². The quantitative estimate of drug-likeness (QED) is 0.372. The topological polar surface area (TPSA) is 0 Å². The van der Waals surface area contributed by atoms with Crippen LogP contribution in [-0.4, -0.2) is 0 Å². The molecular formula is C12H21. The summed E-state index contributed by atoms with van der Waals surface area (Å²) < 4.78 is 0.